The van der Waals surface area contributed by atoms with Crippen LogP contribution < -0.4 is 10.5 Å². The van der Waals surface area contributed by atoms with Crippen molar-refractivity contribution < 1.29 is 9.84 Å². The van der Waals surface area contributed by atoms with Crippen LogP contribution in [0.15, 0.2) is 17.5 Å². The molecule has 1 aromatic carbocycles. The minimum atomic E-state index is -0.0170. The summed E-state index contributed by atoms with van der Waals surface area (Å²) < 4.78 is 5.40. The van der Waals surface area contributed by atoms with Crippen LogP contribution in [0.5, 0.6) is 11.5 Å². The zero-order valence-corrected chi connectivity index (χ0v) is 13.7. The van der Waals surface area contributed by atoms with E-state index < -0.39 is 0 Å². The van der Waals surface area contributed by atoms with Crippen LogP contribution >= 0.6 is 22.9 Å². The lowest BCUT2D eigenvalue weighted by atomic mass is 9.99. The molecule has 1 aromatic heterocycles. The van der Waals surface area contributed by atoms with Gasteiger partial charge in [0.15, 0.2) is 11.5 Å². The Kier molecular flexibility index (Phi) is 5.45. The van der Waals surface area contributed by atoms with E-state index in [1.165, 1.54) is 0 Å². The van der Waals surface area contributed by atoms with Gasteiger partial charge >= 0.3 is 0 Å². The van der Waals surface area contributed by atoms with Crippen molar-refractivity contribution in [1.82, 2.24) is 4.98 Å². The highest BCUT2D eigenvalue weighted by Gasteiger charge is 2.17. The number of thiazole rings is 1. The molecule has 0 aliphatic rings. The number of nitrogens with two attached hydrogens (primary N) is 1. The van der Waals surface area contributed by atoms with Gasteiger partial charge in [0.1, 0.15) is 0 Å². The average molecular weight is 327 g/mol. The second kappa shape index (κ2) is 7.11. The summed E-state index contributed by atoms with van der Waals surface area (Å²) in [5.74, 6) is 0.529. The lowest BCUT2D eigenvalue weighted by Crippen LogP contribution is -2.15. The lowest BCUT2D eigenvalue weighted by molar-refractivity contribution is 0.318. The van der Waals surface area contributed by atoms with E-state index in [1.54, 1.807) is 17.4 Å². The number of phenolic OH excluding ortho intramolecular Hbond substituents is 1. The normalized spacial score (nSPS) is 12.4. The van der Waals surface area contributed by atoms with Crippen molar-refractivity contribution in [2.45, 2.75) is 26.2 Å². The third-order valence-electron chi connectivity index (χ3n) is 3.14. The Morgan fingerprint density at radius 1 is 1.48 bits per heavy atom. The minimum absolute atomic E-state index is 0.0170. The molecule has 0 saturated carbocycles. The van der Waals surface area contributed by atoms with Gasteiger partial charge in [-0.1, -0.05) is 11.6 Å². The molecule has 1 atom stereocenters. The molecule has 0 aliphatic carbocycles. The maximum Gasteiger partial charge on any atom is 0.176 e. The minimum Gasteiger partial charge on any atom is -0.503 e. The van der Waals surface area contributed by atoms with Gasteiger partial charge in [0, 0.05) is 23.5 Å². The third kappa shape index (κ3) is 3.87. The molecule has 0 spiro atoms. The molecular weight excluding hydrogens is 308 g/mol. The number of hydrogen-bond acceptors (Lipinski definition) is 5. The molecule has 114 valence electrons. The molecule has 0 amide bonds. The summed E-state index contributed by atoms with van der Waals surface area (Å²) in [6.45, 7) is 4.81. The van der Waals surface area contributed by atoms with Crippen LogP contribution in [0.1, 0.15) is 29.1 Å². The maximum absolute atomic E-state index is 9.87. The predicted octanol–water partition coefficient (Wildman–Crippen LogP) is 3.49. The molecule has 21 heavy (non-hydrogen) atoms. The Hall–Kier alpha value is -1.30. The quantitative estimate of drug-likeness (QED) is 0.852. The predicted molar refractivity (Wildman–Crippen MR) is 86.6 cm³/mol. The Balaban J connectivity index is 2.25. The maximum atomic E-state index is 9.87. The van der Waals surface area contributed by atoms with Gasteiger partial charge in [-0.3, -0.25) is 0 Å². The molecule has 4 nitrogen and oxygen atoms in total. The number of aromatic nitrogens is 1. The van der Waals surface area contributed by atoms with E-state index in [4.69, 9.17) is 22.1 Å². The highest BCUT2D eigenvalue weighted by atomic mass is 35.5. The van der Waals surface area contributed by atoms with Crippen LogP contribution in [0.3, 0.4) is 0 Å². The summed E-state index contributed by atoms with van der Waals surface area (Å²) >= 11 is 7.68. The molecular formula is C15H19ClN2O2S. The third-order valence-corrected chi connectivity index (χ3v) is 4.55. The molecule has 1 unspecified atom stereocenters. The number of nitrogens with zero attached hydrogens (tertiary/aromatic N) is 1. The summed E-state index contributed by atoms with van der Waals surface area (Å²) in [4.78, 5) is 4.50. The van der Waals surface area contributed by atoms with Gasteiger partial charge in [0.25, 0.3) is 0 Å². The SMILES string of the molecule is CCOc1cc(CC(CN)c2nc(C)cs2)cc(Cl)c1O. The first kappa shape index (κ1) is 16.1. The first-order chi connectivity index (χ1) is 10.0. The van der Waals surface area contributed by atoms with Crippen molar-refractivity contribution in [2.75, 3.05) is 13.2 Å². The summed E-state index contributed by atoms with van der Waals surface area (Å²) in [7, 11) is 0. The number of phenols is 1. The molecule has 2 rings (SSSR count). The van der Waals surface area contributed by atoms with Crippen LogP contribution in [-0.2, 0) is 6.42 Å². The molecule has 3 N–H and O–H groups in total. The van der Waals surface area contributed by atoms with Crippen LogP contribution in [0.25, 0.3) is 0 Å². The molecule has 6 heteroatoms. The standard InChI is InChI=1S/C15H19ClN2O2S/c1-3-20-13-6-10(5-12(16)14(13)19)4-11(7-17)15-18-9(2)8-21-15/h5-6,8,11,19H,3-4,7,17H2,1-2H3. The summed E-state index contributed by atoms with van der Waals surface area (Å²) in [6, 6.07) is 3.57. The van der Waals surface area contributed by atoms with Gasteiger partial charge in [-0.05, 0) is 38.0 Å². The van der Waals surface area contributed by atoms with E-state index in [2.05, 4.69) is 4.98 Å². The summed E-state index contributed by atoms with van der Waals surface area (Å²) in [6.07, 6.45) is 0.712. The largest absolute Gasteiger partial charge is 0.503 e. The fourth-order valence-electron chi connectivity index (χ4n) is 2.13. The van der Waals surface area contributed by atoms with Crippen molar-refractivity contribution in [3.05, 3.63) is 38.8 Å². The van der Waals surface area contributed by atoms with Gasteiger partial charge in [-0.25, -0.2) is 4.98 Å². The topological polar surface area (TPSA) is 68.4 Å². The Morgan fingerprint density at radius 3 is 2.81 bits per heavy atom. The van der Waals surface area contributed by atoms with Gasteiger partial charge in [0.2, 0.25) is 0 Å². The lowest BCUT2D eigenvalue weighted by Gasteiger charge is -2.14. The summed E-state index contributed by atoms with van der Waals surface area (Å²) in [5, 5.41) is 13.2. The highest BCUT2D eigenvalue weighted by molar-refractivity contribution is 7.09. The van der Waals surface area contributed by atoms with E-state index in [0.29, 0.717) is 30.3 Å². The van der Waals surface area contributed by atoms with Gasteiger partial charge in [-0.15, -0.1) is 11.3 Å². The second-order valence-electron chi connectivity index (χ2n) is 4.82. The number of aromatic hydroxyl groups is 1. The molecule has 0 fully saturated rings. The first-order valence-corrected chi connectivity index (χ1v) is 8.07. The van der Waals surface area contributed by atoms with E-state index in [9.17, 15) is 5.11 Å². The van der Waals surface area contributed by atoms with Crippen LogP contribution in [0, 0.1) is 6.92 Å². The van der Waals surface area contributed by atoms with E-state index in [-0.39, 0.29) is 11.7 Å². The molecule has 0 saturated heterocycles. The van der Waals surface area contributed by atoms with Crippen molar-refractivity contribution in [3.63, 3.8) is 0 Å². The highest BCUT2D eigenvalue weighted by Crippen LogP contribution is 2.36. The Labute approximate surface area is 133 Å². The zero-order chi connectivity index (χ0) is 15.4. The Bertz CT molecular complexity index is 616. The first-order valence-electron chi connectivity index (χ1n) is 6.81. The monoisotopic (exact) mass is 326 g/mol. The number of hydrogen-bond donors (Lipinski definition) is 2. The van der Waals surface area contributed by atoms with E-state index >= 15 is 0 Å². The van der Waals surface area contributed by atoms with Crippen molar-refractivity contribution in [1.29, 1.82) is 0 Å². The summed E-state index contributed by atoms with van der Waals surface area (Å²) in [5.41, 5.74) is 7.86. The number of aryl methyl sites for hydroxylation is 1. The smallest absolute Gasteiger partial charge is 0.176 e. The van der Waals surface area contributed by atoms with Crippen molar-refractivity contribution in [2.24, 2.45) is 5.73 Å². The van der Waals surface area contributed by atoms with Crippen LogP contribution in [0.4, 0.5) is 0 Å². The van der Waals surface area contributed by atoms with E-state index in [0.717, 1.165) is 16.3 Å². The number of rotatable bonds is 6. The number of halogens is 1. The number of benzene rings is 1. The van der Waals surface area contributed by atoms with E-state index in [1.807, 2.05) is 25.3 Å². The molecule has 2 aromatic rings. The fourth-order valence-corrected chi connectivity index (χ4v) is 3.27. The van der Waals surface area contributed by atoms with Crippen LogP contribution in [0.2, 0.25) is 5.02 Å². The average Bonchev–Trinajstić information content (AvgIpc) is 2.88. The Morgan fingerprint density at radius 2 is 2.24 bits per heavy atom. The second-order valence-corrected chi connectivity index (χ2v) is 6.12. The van der Waals surface area contributed by atoms with Gasteiger partial charge in [0.05, 0.1) is 16.6 Å². The molecule has 0 radical (unpaired) electrons. The van der Waals surface area contributed by atoms with Crippen LogP contribution in [-0.4, -0.2) is 23.2 Å². The van der Waals surface area contributed by atoms with Crippen molar-refractivity contribution in [3.8, 4) is 11.5 Å². The fraction of sp³-hybridized carbons (Fsp3) is 0.400. The number of ether oxygens (including phenoxy) is 1. The van der Waals surface area contributed by atoms with Gasteiger partial charge in [-0.2, -0.15) is 0 Å². The molecule has 1 heterocycles. The zero-order valence-electron chi connectivity index (χ0n) is 12.1. The van der Waals surface area contributed by atoms with Crippen molar-refractivity contribution >= 4 is 22.9 Å². The molecule has 0 bridgehead atoms. The molecule has 0 aliphatic heterocycles. The van der Waals surface area contributed by atoms with Gasteiger partial charge < -0.3 is 15.6 Å².